The van der Waals surface area contributed by atoms with Gasteiger partial charge in [-0.15, -0.1) is 0 Å². The number of aromatic nitrogens is 4. The maximum atomic E-state index is 11.7. The first kappa shape index (κ1) is 11.3. The molecule has 2 aromatic rings. The summed E-state index contributed by atoms with van der Waals surface area (Å²) in [4.78, 5) is 19.5. The topological polar surface area (TPSA) is 72.7 Å². The second-order valence-electron chi connectivity index (χ2n) is 3.65. The minimum Gasteiger partial charge on any atom is -0.346 e. The maximum Gasteiger partial charge on any atom is 0.271 e. The molecule has 88 valence electrons. The fraction of sp³-hybridized carbons (Fsp3) is 0.273. The van der Waals surface area contributed by atoms with Gasteiger partial charge in [0.15, 0.2) is 0 Å². The van der Waals surface area contributed by atoms with Crippen molar-refractivity contribution in [1.29, 1.82) is 0 Å². The molecule has 0 aliphatic rings. The Labute approximate surface area is 98.7 Å². The van der Waals surface area contributed by atoms with Crippen molar-refractivity contribution in [1.82, 2.24) is 25.1 Å². The van der Waals surface area contributed by atoms with E-state index in [9.17, 15) is 4.79 Å². The molecule has 0 aromatic carbocycles. The summed E-state index contributed by atoms with van der Waals surface area (Å²) >= 11 is 0. The fourth-order valence-electron chi connectivity index (χ4n) is 1.40. The summed E-state index contributed by atoms with van der Waals surface area (Å²) in [7, 11) is 1.86. The quantitative estimate of drug-likeness (QED) is 0.832. The second-order valence-corrected chi connectivity index (χ2v) is 3.65. The minimum atomic E-state index is -0.235. The lowest BCUT2D eigenvalue weighted by atomic mass is 10.2. The fourth-order valence-corrected chi connectivity index (χ4v) is 1.40. The average Bonchev–Trinajstić information content (AvgIpc) is 2.68. The summed E-state index contributed by atoms with van der Waals surface area (Å²) in [5.41, 5.74) is 2.34. The highest BCUT2D eigenvalue weighted by Gasteiger charge is 2.08. The Balaban J connectivity index is 2.00. The van der Waals surface area contributed by atoms with Crippen LogP contribution in [0.4, 0.5) is 0 Å². The summed E-state index contributed by atoms with van der Waals surface area (Å²) in [6, 6.07) is 0. The van der Waals surface area contributed by atoms with Gasteiger partial charge in [-0.05, 0) is 6.92 Å². The Kier molecular flexibility index (Phi) is 3.13. The molecular formula is C11H13N5O. The molecule has 1 amide bonds. The number of nitrogens with one attached hydrogen (secondary N) is 1. The van der Waals surface area contributed by atoms with Gasteiger partial charge in [-0.3, -0.25) is 14.5 Å². The van der Waals surface area contributed by atoms with Crippen molar-refractivity contribution in [3.8, 4) is 0 Å². The van der Waals surface area contributed by atoms with Crippen molar-refractivity contribution in [3.63, 3.8) is 0 Å². The van der Waals surface area contributed by atoms with E-state index in [1.807, 2.05) is 14.0 Å². The Morgan fingerprint density at radius 3 is 2.82 bits per heavy atom. The Hall–Kier alpha value is -2.24. The third kappa shape index (κ3) is 2.47. The first-order chi connectivity index (χ1) is 8.18. The molecule has 0 spiro atoms. The molecule has 0 fully saturated rings. The van der Waals surface area contributed by atoms with Crippen molar-refractivity contribution in [2.75, 3.05) is 0 Å². The zero-order valence-corrected chi connectivity index (χ0v) is 9.71. The minimum absolute atomic E-state index is 0.235. The highest BCUT2D eigenvalue weighted by Crippen LogP contribution is 2.04. The van der Waals surface area contributed by atoms with Gasteiger partial charge in [-0.25, -0.2) is 4.98 Å². The number of amides is 1. The van der Waals surface area contributed by atoms with Crippen molar-refractivity contribution in [3.05, 3.63) is 41.7 Å². The van der Waals surface area contributed by atoms with E-state index >= 15 is 0 Å². The summed E-state index contributed by atoms with van der Waals surface area (Å²) in [5, 5.41) is 6.88. The van der Waals surface area contributed by atoms with Gasteiger partial charge in [0.25, 0.3) is 5.91 Å². The van der Waals surface area contributed by atoms with Gasteiger partial charge in [0, 0.05) is 37.2 Å². The van der Waals surface area contributed by atoms with Crippen LogP contribution in [0.1, 0.15) is 21.7 Å². The average molecular weight is 231 g/mol. The van der Waals surface area contributed by atoms with Gasteiger partial charge >= 0.3 is 0 Å². The van der Waals surface area contributed by atoms with Crippen LogP contribution in [0.15, 0.2) is 24.8 Å². The monoisotopic (exact) mass is 231 g/mol. The predicted octanol–water partition coefficient (Wildman–Crippen LogP) is 0.449. The molecule has 0 saturated heterocycles. The van der Waals surface area contributed by atoms with Crippen LogP contribution in [-0.2, 0) is 13.6 Å². The van der Waals surface area contributed by atoms with Crippen LogP contribution in [0.5, 0.6) is 0 Å². The van der Waals surface area contributed by atoms with E-state index in [1.165, 1.54) is 18.6 Å². The molecule has 1 N–H and O–H groups in total. The molecule has 0 aliphatic heterocycles. The van der Waals surface area contributed by atoms with E-state index in [1.54, 1.807) is 10.9 Å². The van der Waals surface area contributed by atoms with Gasteiger partial charge in [-0.1, -0.05) is 0 Å². The zero-order valence-electron chi connectivity index (χ0n) is 9.71. The van der Waals surface area contributed by atoms with Crippen LogP contribution in [0.2, 0.25) is 0 Å². The molecule has 2 aromatic heterocycles. The van der Waals surface area contributed by atoms with Crippen LogP contribution in [-0.4, -0.2) is 25.7 Å². The van der Waals surface area contributed by atoms with Gasteiger partial charge in [-0.2, -0.15) is 5.10 Å². The van der Waals surface area contributed by atoms with Gasteiger partial charge in [0.05, 0.1) is 12.4 Å². The number of carbonyl (C=O) groups excluding carboxylic acids is 1. The SMILES string of the molecule is Cc1c(CNC(=O)c2cnccn2)cnn1C. The molecule has 6 heteroatoms. The number of rotatable bonds is 3. The molecule has 6 nitrogen and oxygen atoms in total. The molecule has 2 rings (SSSR count). The van der Waals surface area contributed by atoms with Crippen molar-refractivity contribution < 1.29 is 4.79 Å². The van der Waals surface area contributed by atoms with Crippen molar-refractivity contribution in [2.45, 2.75) is 13.5 Å². The van der Waals surface area contributed by atoms with Crippen LogP contribution in [0, 0.1) is 6.92 Å². The first-order valence-corrected chi connectivity index (χ1v) is 5.20. The Morgan fingerprint density at radius 1 is 1.41 bits per heavy atom. The predicted molar refractivity (Wildman–Crippen MR) is 61.1 cm³/mol. The van der Waals surface area contributed by atoms with E-state index in [4.69, 9.17) is 0 Å². The largest absolute Gasteiger partial charge is 0.346 e. The summed E-state index contributed by atoms with van der Waals surface area (Å²) < 4.78 is 1.77. The van der Waals surface area contributed by atoms with Crippen molar-refractivity contribution >= 4 is 5.91 Å². The van der Waals surface area contributed by atoms with E-state index < -0.39 is 0 Å². The van der Waals surface area contributed by atoms with E-state index in [-0.39, 0.29) is 5.91 Å². The molecule has 2 heterocycles. The summed E-state index contributed by atoms with van der Waals surface area (Å²) in [6.07, 6.45) is 6.20. The third-order valence-corrected chi connectivity index (χ3v) is 2.57. The molecule has 0 radical (unpaired) electrons. The molecule has 17 heavy (non-hydrogen) atoms. The van der Waals surface area contributed by atoms with Crippen LogP contribution < -0.4 is 5.32 Å². The van der Waals surface area contributed by atoms with E-state index in [0.29, 0.717) is 12.2 Å². The smallest absolute Gasteiger partial charge is 0.271 e. The summed E-state index contributed by atoms with van der Waals surface area (Å²) in [5.74, 6) is -0.235. The lowest BCUT2D eigenvalue weighted by Crippen LogP contribution is -2.24. The molecule has 0 unspecified atom stereocenters. The van der Waals surface area contributed by atoms with Crippen LogP contribution in [0.25, 0.3) is 0 Å². The van der Waals surface area contributed by atoms with Crippen LogP contribution >= 0.6 is 0 Å². The van der Waals surface area contributed by atoms with E-state index in [2.05, 4.69) is 20.4 Å². The third-order valence-electron chi connectivity index (χ3n) is 2.57. The Morgan fingerprint density at radius 2 is 2.24 bits per heavy atom. The second kappa shape index (κ2) is 4.73. The van der Waals surface area contributed by atoms with Crippen molar-refractivity contribution in [2.24, 2.45) is 7.05 Å². The standard InChI is InChI=1S/C11H13N5O/c1-8-9(6-15-16(8)2)5-14-11(17)10-7-12-3-4-13-10/h3-4,6-7H,5H2,1-2H3,(H,14,17). The lowest BCUT2D eigenvalue weighted by Gasteiger charge is -2.03. The highest BCUT2D eigenvalue weighted by atomic mass is 16.1. The molecule has 0 aliphatic carbocycles. The number of carbonyl (C=O) groups is 1. The van der Waals surface area contributed by atoms with E-state index in [0.717, 1.165) is 11.3 Å². The Bertz CT molecular complexity index is 520. The van der Waals surface area contributed by atoms with Gasteiger partial charge in [0.2, 0.25) is 0 Å². The molecule has 0 atom stereocenters. The molecular weight excluding hydrogens is 218 g/mol. The van der Waals surface area contributed by atoms with Gasteiger partial charge in [0.1, 0.15) is 5.69 Å². The molecule has 0 saturated carbocycles. The normalized spacial score (nSPS) is 10.2. The van der Waals surface area contributed by atoms with Crippen LogP contribution in [0.3, 0.4) is 0 Å². The summed E-state index contributed by atoms with van der Waals surface area (Å²) in [6.45, 7) is 2.39. The number of hydrogen-bond donors (Lipinski definition) is 1. The first-order valence-electron chi connectivity index (χ1n) is 5.20. The molecule has 0 bridgehead atoms. The maximum absolute atomic E-state index is 11.7. The number of nitrogens with zero attached hydrogens (tertiary/aromatic N) is 4. The number of aryl methyl sites for hydroxylation is 1. The lowest BCUT2D eigenvalue weighted by molar-refractivity contribution is 0.0945. The highest BCUT2D eigenvalue weighted by molar-refractivity contribution is 5.91. The number of hydrogen-bond acceptors (Lipinski definition) is 4. The zero-order chi connectivity index (χ0) is 12.3. The van der Waals surface area contributed by atoms with Gasteiger partial charge < -0.3 is 5.32 Å².